The highest BCUT2D eigenvalue weighted by molar-refractivity contribution is 9.10. The molecule has 0 aromatic heterocycles. The van der Waals surface area contributed by atoms with Crippen LogP contribution in [0.5, 0.6) is 5.75 Å². The Balaban J connectivity index is 2.93. The van der Waals surface area contributed by atoms with E-state index in [-0.39, 0.29) is 12.3 Å². The van der Waals surface area contributed by atoms with Gasteiger partial charge < -0.3 is 9.47 Å². The number of hydrogen-bond donors (Lipinski definition) is 1. The summed E-state index contributed by atoms with van der Waals surface area (Å²) in [6.45, 7) is 1.69. The van der Waals surface area contributed by atoms with Gasteiger partial charge in [0.2, 0.25) is 0 Å². The first-order valence-corrected chi connectivity index (χ1v) is 5.60. The minimum atomic E-state index is -4.84. The zero-order valence-corrected chi connectivity index (χ0v) is 10.8. The van der Waals surface area contributed by atoms with Gasteiger partial charge in [-0.3, -0.25) is 5.32 Å². The van der Waals surface area contributed by atoms with E-state index in [0.717, 1.165) is 6.07 Å². The Morgan fingerprint density at radius 3 is 2.67 bits per heavy atom. The van der Waals surface area contributed by atoms with Gasteiger partial charge >= 0.3 is 12.5 Å². The number of carbonyl (C=O) groups is 1. The van der Waals surface area contributed by atoms with Crippen molar-refractivity contribution in [3.05, 3.63) is 22.7 Å². The van der Waals surface area contributed by atoms with Crippen LogP contribution in [0, 0.1) is 0 Å². The first-order valence-electron chi connectivity index (χ1n) is 4.81. The average molecular weight is 328 g/mol. The number of carbonyl (C=O) groups excluding carboxylic acids is 1. The molecule has 1 N–H and O–H groups in total. The number of ether oxygens (including phenoxy) is 2. The zero-order chi connectivity index (χ0) is 13.8. The molecular formula is C10H9BrF3NO3. The predicted octanol–water partition coefficient (Wildman–Crippen LogP) is 3.92. The quantitative estimate of drug-likeness (QED) is 0.915. The van der Waals surface area contributed by atoms with Gasteiger partial charge in [-0.05, 0) is 25.1 Å². The van der Waals surface area contributed by atoms with Gasteiger partial charge in [-0.25, -0.2) is 4.79 Å². The Bertz CT molecular complexity index is 437. The summed E-state index contributed by atoms with van der Waals surface area (Å²) in [7, 11) is 0. The maximum absolute atomic E-state index is 12.2. The summed E-state index contributed by atoms with van der Waals surface area (Å²) in [5.41, 5.74) is -0.131. The number of rotatable bonds is 3. The fourth-order valence-corrected chi connectivity index (χ4v) is 1.43. The van der Waals surface area contributed by atoms with Crippen molar-refractivity contribution in [1.82, 2.24) is 0 Å². The minimum absolute atomic E-state index is 0.109. The van der Waals surface area contributed by atoms with Crippen molar-refractivity contribution in [3.8, 4) is 5.75 Å². The Labute approximate surface area is 109 Å². The molecule has 0 aliphatic heterocycles. The number of nitrogens with one attached hydrogen (secondary N) is 1. The van der Waals surface area contributed by atoms with Crippen LogP contribution in [0.4, 0.5) is 23.7 Å². The number of alkyl halides is 3. The summed E-state index contributed by atoms with van der Waals surface area (Å²) < 4.78 is 45.2. The van der Waals surface area contributed by atoms with Gasteiger partial charge in [0.05, 0.1) is 12.3 Å². The third-order valence-electron chi connectivity index (χ3n) is 1.68. The molecule has 1 aromatic rings. The molecular weight excluding hydrogens is 319 g/mol. The van der Waals surface area contributed by atoms with E-state index in [0.29, 0.717) is 4.47 Å². The molecule has 1 amide bonds. The molecule has 0 spiro atoms. The topological polar surface area (TPSA) is 47.6 Å². The number of halogens is 4. The smallest absolute Gasteiger partial charge is 0.450 e. The second kappa shape index (κ2) is 5.94. The SMILES string of the molecule is CCOC(=O)Nc1ccc(Br)cc1OC(F)(F)F. The number of amides is 1. The monoisotopic (exact) mass is 327 g/mol. The Kier molecular flexibility index (Phi) is 4.83. The van der Waals surface area contributed by atoms with Crippen molar-refractivity contribution in [1.29, 1.82) is 0 Å². The third kappa shape index (κ3) is 4.82. The van der Waals surface area contributed by atoms with Gasteiger partial charge in [0.15, 0.2) is 5.75 Å². The van der Waals surface area contributed by atoms with Crippen molar-refractivity contribution in [2.24, 2.45) is 0 Å². The lowest BCUT2D eigenvalue weighted by Crippen LogP contribution is -2.20. The molecule has 18 heavy (non-hydrogen) atoms. The van der Waals surface area contributed by atoms with E-state index >= 15 is 0 Å². The van der Waals surface area contributed by atoms with Crippen LogP contribution in [0.3, 0.4) is 0 Å². The zero-order valence-electron chi connectivity index (χ0n) is 9.18. The van der Waals surface area contributed by atoms with E-state index < -0.39 is 18.2 Å². The van der Waals surface area contributed by atoms with E-state index in [1.165, 1.54) is 12.1 Å². The van der Waals surface area contributed by atoms with Crippen LogP contribution in [0.25, 0.3) is 0 Å². The van der Waals surface area contributed by atoms with Gasteiger partial charge in [0.1, 0.15) is 0 Å². The molecule has 0 unspecified atom stereocenters. The Hall–Kier alpha value is -1.44. The van der Waals surface area contributed by atoms with E-state index in [9.17, 15) is 18.0 Å². The highest BCUT2D eigenvalue weighted by Crippen LogP contribution is 2.32. The van der Waals surface area contributed by atoms with Crippen LogP contribution in [0.1, 0.15) is 6.92 Å². The maximum Gasteiger partial charge on any atom is 0.573 e. The van der Waals surface area contributed by atoms with Crippen LogP contribution in [-0.2, 0) is 4.74 Å². The van der Waals surface area contributed by atoms with Gasteiger partial charge in [-0.2, -0.15) is 0 Å². The molecule has 0 saturated carbocycles. The molecule has 0 aliphatic carbocycles. The fourth-order valence-electron chi connectivity index (χ4n) is 1.09. The lowest BCUT2D eigenvalue weighted by atomic mass is 10.3. The summed E-state index contributed by atoms with van der Waals surface area (Å²) in [5.74, 6) is -0.523. The molecule has 100 valence electrons. The number of anilines is 1. The average Bonchev–Trinajstić information content (AvgIpc) is 2.20. The molecule has 0 atom stereocenters. The molecule has 0 fully saturated rings. The van der Waals surface area contributed by atoms with E-state index in [1.807, 2.05) is 0 Å². The van der Waals surface area contributed by atoms with E-state index in [2.05, 4.69) is 30.7 Å². The molecule has 0 saturated heterocycles. The van der Waals surface area contributed by atoms with Crippen molar-refractivity contribution in [3.63, 3.8) is 0 Å². The fraction of sp³-hybridized carbons (Fsp3) is 0.300. The molecule has 1 rings (SSSR count). The highest BCUT2D eigenvalue weighted by atomic mass is 79.9. The predicted molar refractivity (Wildman–Crippen MR) is 61.5 cm³/mol. The number of benzene rings is 1. The normalized spacial score (nSPS) is 10.9. The Morgan fingerprint density at radius 1 is 1.44 bits per heavy atom. The molecule has 4 nitrogen and oxygen atoms in total. The van der Waals surface area contributed by atoms with Crippen LogP contribution in [-0.4, -0.2) is 19.1 Å². The third-order valence-corrected chi connectivity index (χ3v) is 2.17. The highest BCUT2D eigenvalue weighted by Gasteiger charge is 2.32. The van der Waals surface area contributed by atoms with Gasteiger partial charge in [-0.15, -0.1) is 13.2 Å². The summed E-state index contributed by atoms with van der Waals surface area (Å²) in [6, 6.07) is 3.82. The second-order valence-corrected chi connectivity index (χ2v) is 3.95. The van der Waals surface area contributed by atoms with Crippen molar-refractivity contribution < 1.29 is 27.4 Å². The second-order valence-electron chi connectivity index (χ2n) is 3.03. The van der Waals surface area contributed by atoms with Crippen molar-refractivity contribution in [2.75, 3.05) is 11.9 Å². The molecule has 8 heteroatoms. The lowest BCUT2D eigenvalue weighted by Gasteiger charge is -2.14. The summed E-state index contributed by atoms with van der Waals surface area (Å²) >= 11 is 3.01. The Morgan fingerprint density at radius 2 is 2.11 bits per heavy atom. The molecule has 0 aliphatic rings. The first kappa shape index (κ1) is 14.6. The standard InChI is InChI=1S/C10H9BrF3NO3/c1-2-17-9(16)15-7-4-3-6(11)5-8(7)18-10(12,13)14/h3-5H,2H2,1H3,(H,15,16). The maximum atomic E-state index is 12.2. The van der Waals surface area contributed by atoms with Gasteiger partial charge in [-0.1, -0.05) is 15.9 Å². The summed E-state index contributed by atoms with van der Waals surface area (Å²) in [6.07, 6.45) is -5.70. The molecule has 0 heterocycles. The van der Waals surface area contributed by atoms with Crippen LogP contribution < -0.4 is 10.1 Å². The molecule has 0 bridgehead atoms. The summed E-state index contributed by atoms with van der Waals surface area (Å²) in [4.78, 5) is 11.1. The van der Waals surface area contributed by atoms with Crippen molar-refractivity contribution >= 4 is 27.7 Å². The van der Waals surface area contributed by atoms with Crippen molar-refractivity contribution in [2.45, 2.75) is 13.3 Å². The van der Waals surface area contributed by atoms with Gasteiger partial charge in [0.25, 0.3) is 0 Å². The molecule has 1 aromatic carbocycles. The van der Waals surface area contributed by atoms with Crippen LogP contribution in [0.2, 0.25) is 0 Å². The first-order chi connectivity index (χ1) is 8.31. The van der Waals surface area contributed by atoms with E-state index in [4.69, 9.17) is 0 Å². The van der Waals surface area contributed by atoms with Crippen LogP contribution >= 0.6 is 15.9 Å². The van der Waals surface area contributed by atoms with Gasteiger partial charge in [0, 0.05) is 4.47 Å². The molecule has 0 radical (unpaired) electrons. The number of hydrogen-bond acceptors (Lipinski definition) is 3. The minimum Gasteiger partial charge on any atom is -0.450 e. The van der Waals surface area contributed by atoms with E-state index in [1.54, 1.807) is 6.92 Å². The van der Waals surface area contributed by atoms with Crippen LogP contribution in [0.15, 0.2) is 22.7 Å². The lowest BCUT2D eigenvalue weighted by molar-refractivity contribution is -0.274. The largest absolute Gasteiger partial charge is 0.573 e. The summed E-state index contributed by atoms with van der Waals surface area (Å²) in [5, 5.41) is 2.15.